The van der Waals surface area contributed by atoms with Crippen LogP contribution in [0.4, 0.5) is 4.39 Å². The normalized spacial score (nSPS) is 17.6. The van der Waals surface area contributed by atoms with Crippen LogP contribution >= 0.6 is 11.6 Å². The summed E-state index contributed by atoms with van der Waals surface area (Å²) in [4.78, 5) is 15.2. The van der Waals surface area contributed by atoms with Crippen LogP contribution in [0.3, 0.4) is 0 Å². The third-order valence-corrected chi connectivity index (χ3v) is 6.32. The summed E-state index contributed by atoms with van der Waals surface area (Å²) in [6.45, 7) is 2.41. The van der Waals surface area contributed by atoms with Crippen LogP contribution in [0.5, 0.6) is 11.5 Å². The molecule has 1 amide bonds. The molecule has 3 aromatic rings. The number of oxime groups is 1. The highest BCUT2D eigenvalue weighted by Gasteiger charge is 2.32. The topological polar surface area (TPSA) is 117 Å². The van der Waals surface area contributed by atoms with E-state index in [1.54, 1.807) is 18.2 Å². The van der Waals surface area contributed by atoms with Gasteiger partial charge in [0, 0.05) is 17.0 Å². The summed E-state index contributed by atoms with van der Waals surface area (Å²) >= 11 is 6.01. The van der Waals surface area contributed by atoms with Crippen LogP contribution < -0.4 is 14.8 Å². The number of carbonyl (C=O) groups is 1. The number of aliphatic hydroxyl groups is 1. The Labute approximate surface area is 204 Å². The first-order chi connectivity index (χ1) is 16.9. The van der Waals surface area contributed by atoms with Crippen molar-refractivity contribution in [3.63, 3.8) is 0 Å². The van der Waals surface area contributed by atoms with Crippen LogP contribution in [-0.2, 0) is 4.79 Å². The average molecular weight is 504 g/mol. The number of hydrogen-bond donors (Lipinski definition) is 3. The van der Waals surface area contributed by atoms with Gasteiger partial charge in [0.2, 0.25) is 5.71 Å². The first kappa shape index (κ1) is 23.4. The molecule has 3 heterocycles. The Morgan fingerprint density at radius 1 is 1.20 bits per heavy atom. The number of rotatable bonds is 7. The second-order valence-electron chi connectivity index (χ2n) is 8.45. The summed E-state index contributed by atoms with van der Waals surface area (Å²) in [5.41, 5.74) is 0.312. The van der Waals surface area contributed by atoms with Crippen LogP contribution in [-0.4, -0.2) is 65.7 Å². The maximum atomic E-state index is 14.6. The summed E-state index contributed by atoms with van der Waals surface area (Å²) in [6.07, 6.45) is -0.278. The summed E-state index contributed by atoms with van der Waals surface area (Å²) in [5, 5.41) is 27.7. The van der Waals surface area contributed by atoms with E-state index in [0.717, 1.165) is 25.6 Å². The van der Waals surface area contributed by atoms with Crippen LogP contribution in [0.2, 0.25) is 5.02 Å². The molecule has 0 aliphatic carbocycles. The Morgan fingerprint density at radius 3 is 2.74 bits per heavy atom. The average Bonchev–Trinajstić information content (AvgIpc) is 3.23. The van der Waals surface area contributed by atoms with Crippen molar-refractivity contribution < 1.29 is 33.4 Å². The maximum absolute atomic E-state index is 14.6. The Kier molecular flexibility index (Phi) is 6.50. The van der Waals surface area contributed by atoms with Crippen molar-refractivity contribution in [2.75, 3.05) is 32.8 Å². The highest BCUT2D eigenvalue weighted by molar-refractivity contribution is 6.44. The first-order valence-electron chi connectivity index (χ1n) is 11.1. The van der Waals surface area contributed by atoms with E-state index in [9.17, 15) is 19.5 Å². The Morgan fingerprint density at radius 2 is 2.00 bits per heavy atom. The van der Waals surface area contributed by atoms with E-state index in [0.29, 0.717) is 22.5 Å². The molecule has 5 rings (SSSR count). The highest BCUT2D eigenvalue weighted by atomic mass is 35.5. The van der Waals surface area contributed by atoms with Gasteiger partial charge in [0.1, 0.15) is 24.9 Å². The van der Waals surface area contributed by atoms with Crippen LogP contribution in [0.25, 0.3) is 11.0 Å². The lowest BCUT2D eigenvalue weighted by molar-refractivity contribution is -0.116. The molecule has 2 aliphatic rings. The van der Waals surface area contributed by atoms with E-state index in [1.165, 1.54) is 12.1 Å². The van der Waals surface area contributed by atoms with Crippen molar-refractivity contribution in [2.24, 2.45) is 5.16 Å². The van der Waals surface area contributed by atoms with Gasteiger partial charge in [-0.1, -0.05) is 16.8 Å². The molecule has 3 N–H and O–H groups in total. The van der Waals surface area contributed by atoms with E-state index in [-0.39, 0.29) is 41.7 Å². The van der Waals surface area contributed by atoms with Crippen LogP contribution in [0.1, 0.15) is 23.8 Å². The van der Waals surface area contributed by atoms with Crippen molar-refractivity contribution >= 4 is 34.2 Å². The molecule has 35 heavy (non-hydrogen) atoms. The Balaban J connectivity index is 1.40. The van der Waals surface area contributed by atoms with Crippen LogP contribution in [0.15, 0.2) is 46.0 Å². The predicted molar refractivity (Wildman–Crippen MR) is 125 cm³/mol. The number of benzene rings is 2. The third kappa shape index (κ3) is 4.77. The van der Waals surface area contributed by atoms with E-state index in [2.05, 4.69) is 10.5 Å². The summed E-state index contributed by atoms with van der Waals surface area (Å²) in [5.74, 6) is -1.21. The summed E-state index contributed by atoms with van der Waals surface area (Å²) in [6, 6.07) is 8.29. The zero-order valence-corrected chi connectivity index (χ0v) is 19.3. The zero-order chi connectivity index (χ0) is 24.5. The van der Waals surface area contributed by atoms with Crippen LogP contribution in [0, 0.1) is 5.82 Å². The third-order valence-electron chi connectivity index (χ3n) is 6.09. The molecule has 0 radical (unpaired) electrons. The molecular formula is C24H23ClFN3O6. The number of nitrogens with one attached hydrogen (secondary N) is 1. The minimum absolute atomic E-state index is 0.00443. The Bertz CT molecular complexity index is 1290. The molecule has 11 heteroatoms. The number of halogens is 2. The van der Waals surface area contributed by atoms with Gasteiger partial charge in [0.05, 0.1) is 6.04 Å². The number of aliphatic hydroxyl groups excluding tert-OH is 1. The number of carbonyl (C=O) groups excluding carboxylic acids is 1. The fraction of sp³-hybridized carbons (Fsp3) is 0.333. The zero-order valence-electron chi connectivity index (χ0n) is 18.5. The minimum atomic E-state index is -1.28. The number of likely N-dealkylation sites (tertiary alicyclic amines) is 1. The number of nitrogens with zero attached hydrogens (tertiary/aromatic N) is 2. The van der Waals surface area contributed by atoms with Crippen molar-refractivity contribution in [3.05, 3.63) is 58.6 Å². The fourth-order valence-electron chi connectivity index (χ4n) is 4.18. The van der Waals surface area contributed by atoms with Crippen molar-refractivity contribution in [1.82, 2.24) is 10.2 Å². The van der Waals surface area contributed by atoms with Crippen molar-refractivity contribution in [1.29, 1.82) is 0 Å². The quantitative estimate of drug-likeness (QED) is 0.258. The fourth-order valence-corrected chi connectivity index (χ4v) is 4.36. The molecule has 2 unspecified atom stereocenters. The number of hydrogen-bond acceptors (Lipinski definition) is 8. The van der Waals surface area contributed by atoms with Gasteiger partial charge in [-0.2, -0.15) is 0 Å². The maximum Gasteiger partial charge on any atom is 0.277 e. The van der Waals surface area contributed by atoms with Gasteiger partial charge in [-0.05, 0) is 61.5 Å². The molecule has 1 aromatic heterocycles. The smallest absolute Gasteiger partial charge is 0.277 e. The number of fused-ring (bicyclic) bond motifs is 2. The number of ether oxygens (including phenoxy) is 2. The lowest BCUT2D eigenvalue weighted by Crippen LogP contribution is -2.52. The number of amides is 1. The molecule has 184 valence electrons. The molecular weight excluding hydrogens is 481 g/mol. The van der Waals surface area contributed by atoms with E-state index in [4.69, 9.17) is 25.5 Å². The largest absolute Gasteiger partial charge is 0.486 e. The van der Waals surface area contributed by atoms with Gasteiger partial charge < -0.3 is 34.4 Å². The van der Waals surface area contributed by atoms with Gasteiger partial charge in [-0.25, -0.2) is 4.39 Å². The first-order valence-corrected chi connectivity index (χ1v) is 11.5. The van der Waals surface area contributed by atoms with Crippen molar-refractivity contribution in [3.8, 4) is 11.5 Å². The highest BCUT2D eigenvalue weighted by Crippen LogP contribution is 2.36. The lowest BCUT2D eigenvalue weighted by atomic mass is 9.99. The van der Waals surface area contributed by atoms with Gasteiger partial charge in [-0.3, -0.25) is 4.79 Å². The second-order valence-corrected chi connectivity index (χ2v) is 8.88. The molecule has 9 nitrogen and oxygen atoms in total. The summed E-state index contributed by atoms with van der Waals surface area (Å²) < 4.78 is 31.0. The molecule has 1 fully saturated rings. The summed E-state index contributed by atoms with van der Waals surface area (Å²) in [7, 11) is 0. The van der Waals surface area contributed by atoms with Crippen molar-refractivity contribution in [2.45, 2.75) is 18.6 Å². The molecule has 1 saturated heterocycles. The molecule has 2 aromatic carbocycles. The SMILES string of the molecule is O=C(NC(CN1CCC1)C(O)c1cc(F)c2c(c1)OCCO2)C(=NO)c1cc2cc(Cl)ccc2o1. The molecule has 0 saturated carbocycles. The van der Waals surface area contributed by atoms with Gasteiger partial charge in [0.15, 0.2) is 23.1 Å². The number of furan rings is 1. The van der Waals surface area contributed by atoms with Gasteiger partial charge in [-0.15, -0.1) is 0 Å². The molecule has 2 aliphatic heterocycles. The standard InChI is InChI=1S/C24H23ClFN3O6/c25-15-2-3-18-13(8-15)10-19(35-18)21(28-32)24(31)27-17(12-29-4-1-5-29)22(30)14-9-16(26)23-20(11-14)33-6-7-34-23/h2-3,8-11,17,22,30,32H,1,4-7,12H2,(H,27,31). The van der Waals surface area contributed by atoms with E-state index < -0.39 is 23.9 Å². The van der Waals surface area contributed by atoms with Gasteiger partial charge >= 0.3 is 0 Å². The predicted octanol–water partition coefficient (Wildman–Crippen LogP) is 3.10. The second kappa shape index (κ2) is 9.73. The minimum Gasteiger partial charge on any atom is -0.486 e. The molecule has 0 bridgehead atoms. The van der Waals surface area contributed by atoms with E-state index >= 15 is 0 Å². The Hall–Kier alpha value is -3.34. The molecule has 2 atom stereocenters. The monoisotopic (exact) mass is 503 g/mol. The molecule has 0 spiro atoms. The lowest BCUT2D eigenvalue weighted by Gasteiger charge is -2.36. The van der Waals surface area contributed by atoms with E-state index in [1.807, 2.05) is 4.90 Å². The van der Waals surface area contributed by atoms with Gasteiger partial charge in [0.25, 0.3) is 5.91 Å².